The standard InChI is InChI=1S/C18H28N2O/c1-13(2)11-20-12-14(8-9-19)16-7-6-15(10-17(16)20)21-18(3,4)5/h6-7,10,12-13H,8-9,11,19H2,1-5H3. The molecule has 2 N–H and O–H groups in total. The Morgan fingerprint density at radius 3 is 2.52 bits per heavy atom. The van der Waals surface area contributed by atoms with Crippen LogP contribution in [0.15, 0.2) is 24.4 Å². The van der Waals surface area contributed by atoms with E-state index in [1.165, 1.54) is 16.5 Å². The molecule has 0 aliphatic carbocycles. The summed E-state index contributed by atoms with van der Waals surface area (Å²) in [7, 11) is 0. The predicted molar refractivity (Wildman–Crippen MR) is 89.9 cm³/mol. The van der Waals surface area contributed by atoms with E-state index in [-0.39, 0.29) is 5.60 Å². The SMILES string of the molecule is CC(C)Cn1cc(CCN)c2ccc(OC(C)(C)C)cc21. The molecular weight excluding hydrogens is 260 g/mol. The highest BCUT2D eigenvalue weighted by atomic mass is 16.5. The number of nitrogens with zero attached hydrogens (tertiary/aromatic N) is 1. The number of hydrogen-bond acceptors (Lipinski definition) is 2. The maximum absolute atomic E-state index is 6.00. The Kier molecular flexibility index (Phi) is 4.62. The van der Waals surface area contributed by atoms with Crippen molar-refractivity contribution in [1.82, 2.24) is 4.57 Å². The van der Waals surface area contributed by atoms with Crippen molar-refractivity contribution < 1.29 is 4.74 Å². The molecule has 0 bridgehead atoms. The summed E-state index contributed by atoms with van der Waals surface area (Å²) in [6.45, 7) is 12.4. The number of fused-ring (bicyclic) bond motifs is 1. The monoisotopic (exact) mass is 288 g/mol. The molecule has 116 valence electrons. The summed E-state index contributed by atoms with van der Waals surface area (Å²) in [6, 6.07) is 6.38. The Hall–Kier alpha value is -1.48. The highest BCUT2D eigenvalue weighted by Gasteiger charge is 2.14. The van der Waals surface area contributed by atoms with E-state index in [1.807, 2.05) is 0 Å². The topological polar surface area (TPSA) is 40.2 Å². The number of nitrogens with two attached hydrogens (primary N) is 1. The Morgan fingerprint density at radius 1 is 1.24 bits per heavy atom. The molecule has 0 atom stereocenters. The van der Waals surface area contributed by atoms with Crippen LogP contribution in [0.1, 0.15) is 40.2 Å². The summed E-state index contributed by atoms with van der Waals surface area (Å²) in [5.74, 6) is 1.54. The smallest absolute Gasteiger partial charge is 0.122 e. The molecule has 0 aliphatic heterocycles. The Labute approximate surface area is 128 Å². The van der Waals surface area contributed by atoms with Crippen molar-refractivity contribution >= 4 is 10.9 Å². The van der Waals surface area contributed by atoms with Crippen molar-refractivity contribution in [3.63, 3.8) is 0 Å². The van der Waals surface area contributed by atoms with Gasteiger partial charge in [-0.3, -0.25) is 0 Å². The van der Waals surface area contributed by atoms with Crippen LogP contribution < -0.4 is 10.5 Å². The second-order valence-electron chi connectivity index (χ2n) is 7.13. The van der Waals surface area contributed by atoms with Crippen LogP contribution in [0.25, 0.3) is 10.9 Å². The minimum Gasteiger partial charge on any atom is -0.488 e. The van der Waals surface area contributed by atoms with Gasteiger partial charge in [-0.2, -0.15) is 0 Å². The quantitative estimate of drug-likeness (QED) is 0.904. The summed E-state index contributed by atoms with van der Waals surface area (Å²) >= 11 is 0. The second kappa shape index (κ2) is 6.10. The highest BCUT2D eigenvalue weighted by Crippen LogP contribution is 2.28. The number of aromatic nitrogens is 1. The Balaban J connectivity index is 2.47. The molecular formula is C18H28N2O. The van der Waals surface area contributed by atoms with Crippen LogP contribution in [0.2, 0.25) is 0 Å². The van der Waals surface area contributed by atoms with Gasteiger partial charge in [-0.25, -0.2) is 0 Å². The van der Waals surface area contributed by atoms with Gasteiger partial charge in [0.2, 0.25) is 0 Å². The molecule has 0 radical (unpaired) electrons. The van der Waals surface area contributed by atoms with Gasteiger partial charge in [0.15, 0.2) is 0 Å². The Bertz CT molecular complexity index is 605. The molecule has 3 heteroatoms. The molecule has 0 saturated heterocycles. The van der Waals surface area contributed by atoms with E-state index in [2.05, 4.69) is 63.6 Å². The van der Waals surface area contributed by atoms with Crippen LogP contribution in [-0.2, 0) is 13.0 Å². The van der Waals surface area contributed by atoms with Crippen molar-refractivity contribution in [2.75, 3.05) is 6.54 Å². The maximum atomic E-state index is 6.00. The van der Waals surface area contributed by atoms with Gasteiger partial charge in [0.25, 0.3) is 0 Å². The number of rotatable bonds is 5. The van der Waals surface area contributed by atoms with E-state index < -0.39 is 0 Å². The summed E-state index contributed by atoms with van der Waals surface area (Å²) in [5, 5.41) is 1.29. The lowest BCUT2D eigenvalue weighted by Gasteiger charge is -2.21. The van der Waals surface area contributed by atoms with Gasteiger partial charge in [0, 0.05) is 24.2 Å². The maximum Gasteiger partial charge on any atom is 0.122 e. The largest absolute Gasteiger partial charge is 0.488 e. The minimum atomic E-state index is -0.177. The third-order valence-corrected chi connectivity index (χ3v) is 3.34. The summed E-state index contributed by atoms with van der Waals surface area (Å²) in [4.78, 5) is 0. The zero-order valence-electron chi connectivity index (χ0n) is 13.9. The molecule has 0 spiro atoms. The van der Waals surface area contributed by atoms with Crippen molar-refractivity contribution in [3.05, 3.63) is 30.0 Å². The third kappa shape index (κ3) is 4.01. The Morgan fingerprint density at radius 2 is 1.95 bits per heavy atom. The van der Waals surface area contributed by atoms with Gasteiger partial charge in [0.1, 0.15) is 11.4 Å². The summed E-state index contributed by atoms with van der Waals surface area (Å²) < 4.78 is 8.33. The first-order chi connectivity index (χ1) is 9.80. The van der Waals surface area contributed by atoms with E-state index in [0.717, 1.165) is 18.7 Å². The van der Waals surface area contributed by atoms with Crippen LogP contribution in [0.4, 0.5) is 0 Å². The normalized spacial score (nSPS) is 12.3. The molecule has 2 rings (SSSR count). The molecule has 0 unspecified atom stereocenters. The minimum absolute atomic E-state index is 0.177. The molecule has 0 fully saturated rings. The first kappa shape index (κ1) is 15.9. The van der Waals surface area contributed by atoms with Gasteiger partial charge in [-0.1, -0.05) is 13.8 Å². The van der Waals surface area contributed by atoms with Crippen molar-refractivity contribution in [2.45, 2.75) is 53.2 Å². The second-order valence-corrected chi connectivity index (χ2v) is 7.13. The van der Waals surface area contributed by atoms with E-state index >= 15 is 0 Å². The van der Waals surface area contributed by atoms with Crippen LogP contribution in [0, 0.1) is 5.92 Å². The van der Waals surface area contributed by atoms with Gasteiger partial charge < -0.3 is 15.0 Å². The summed E-state index contributed by atoms with van der Waals surface area (Å²) in [6.07, 6.45) is 3.17. The highest BCUT2D eigenvalue weighted by molar-refractivity contribution is 5.85. The first-order valence-electron chi connectivity index (χ1n) is 7.81. The van der Waals surface area contributed by atoms with Crippen LogP contribution in [-0.4, -0.2) is 16.7 Å². The van der Waals surface area contributed by atoms with E-state index in [4.69, 9.17) is 10.5 Å². The van der Waals surface area contributed by atoms with Crippen molar-refractivity contribution in [3.8, 4) is 5.75 Å². The number of hydrogen-bond donors (Lipinski definition) is 1. The molecule has 1 heterocycles. The van der Waals surface area contributed by atoms with Gasteiger partial charge >= 0.3 is 0 Å². The van der Waals surface area contributed by atoms with Gasteiger partial charge in [-0.05, 0) is 57.4 Å². The molecule has 1 aromatic heterocycles. The average molecular weight is 288 g/mol. The fourth-order valence-corrected chi connectivity index (χ4v) is 2.66. The van der Waals surface area contributed by atoms with Crippen molar-refractivity contribution in [2.24, 2.45) is 11.7 Å². The molecule has 1 aromatic carbocycles. The van der Waals surface area contributed by atoms with Crippen molar-refractivity contribution in [1.29, 1.82) is 0 Å². The van der Waals surface area contributed by atoms with E-state index in [0.29, 0.717) is 12.5 Å². The lowest BCUT2D eigenvalue weighted by molar-refractivity contribution is 0.131. The first-order valence-corrected chi connectivity index (χ1v) is 7.81. The molecule has 0 saturated carbocycles. The molecule has 21 heavy (non-hydrogen) atoms. The third-order valence-electron chi connectivity index (χ3n) is 3.34. The fraction of sp³-hybridized carbons (Fsp3) is 0.556. The lowest BCUT2D eigenvalue weighted by atomic mass is 10.1. The van der Waals surface area contributed by atoms with E-state index in [9.17, 15) is 0 Å². The van der Waals surface area contributed by atoms with Crippen LogP contribution in [0.5, 0.6) is 5.75 Å². The molecule has 3 nitrogen and oxygen atoms in total. The molecule has 2 aromatic rings. The average Bonchev–Trinajstić information content (AvgIpc) is 2.65. The van der Waals surface area contributed by atoms with Crippen LogP contribution in [0.3, 0.4) is 0 Å². The fourth-order valence-electron chi connectivity index (χ4n) is 2.66. The summed E-state index contributed by atoms with van der Waals surface area (Å²) in [5.41, 5.74) is 8.14. The molecule has 0 aliphatic rings. The van der Waals surface area contributed by atoms with E-state index in [1.54, 1.807) is 0 Å². The number of benzene rings is 1. The number of ether oxygens (including phenoxy) is 1. The molecule has 0 amide bonds. The van der Waals surface area contributed by atoms with Gasteiger partial charge in [0.05, 0.1) is 5.52 Å². The predicted octanol–water partition coefficient (Wildman–Crippen LogP) is 3.98. The lowest BCUT2D eigenvalue weighted by Crippen LogP contribution is -2.22. The zero-order chi connectivity index (χ0) is 15.6. The zero-order valence-corrected chi connectivity index (χ0v) is 13.9. The van der Waals surface area contributed by atoms with Crippen LogP contribution >= 0.6 is 0 Å². The van der Waals surface area contributed by atoms with Gasteiger partial charge in [-0.15, -0.1) is 0 Å².